The van der Waals surface area contributed by atoms with Crippen molar-refractivity contribution in [2.45, 2.75) is 19.8 Å². The molecule has 8 heteroatoms. The van der Waals surface area contributed by atoms with E-state index in [4.69, 9.17) is 19.6 Å². The van der Waals surface area contributed by atoms with Gasteiger partial charge in [-0.15, -0.1) is 0 Å². The lowest BCUT2D eigenvalue weighted by molar-refractivity contribution is 0.0917. The Morgan fingerprint density at radius 2 is 1.65 bits per heavy atom. The maximum Gasteiger partial charge on any atom is 0.287 e. The lowest BCUT2D eigenvalue weighted by atomic mass is 10.1. The predicted molar refractivity (Wildman–Crippen MR) is 144 cm³/mol. The van der Waals surface area contributed by atoms with E-state index < -0.39 is 0 Å². The highest BCUT2D eigenvalue weighted by Crippen LogP contribution is 2.26. The molecule has 0 atom stereocenters. The van der Waals surface area contributed by atoms with E-state index in [9.17, 15) is 9.59 Å². The van der Waals surface area contributed by atoms with E-state index >= 15 is 0 Å². The Hall–Kier alpha value is -4.30. The first-order valence-corrected chi connectivity index (χ1v) is 12.3. The topological polar surface area (TPSA) is 116 Å². The van der Waals surface area contributed by atoms with Crippen molar-refractivity contribution in [2.75, 3.05) is 37.4 Å². The van der Waals surface area contributed by atoms with Crippen LogP contribution in [-0.4, -0.2) is 38.2 Å². The molecule has 0 saturated heterocycles. The molecule has 0 bridgehead atoms. The number of nitrogens with two attached hydrogens (primary N) is 1. The summed E-state index contributed by atoms with van der Waals surface area (Å²) in [6.07, 6.45) is 1.53. The average Bonchev–Trinajstić information content (AvgIpc) is 3.29. The molecule has 0 aliphatic rings. The summed E-state index contributed by atoms with van der Waals surface area (Å²) in [4.78, 5) is 25.3. The number of carbonyl (C=O) groups excluding carboxylic acids is 2. The number of nitrogen functional groups attached to an aromatic ring is 1. The first-order valence-electron chi connectivity index (χ1n) is 12.3. The molecule has 8 nitrogen and oxygen atoms in total. The van der Waals surface area contributed by atoms with Crippen LogP contribution >= 0.6 is 0 Å². The molecule has 192 valence electrons. The van der Waals surface area contributed by atoms with Gasteiger partial charge in [-0.1, -0.05) is 37.3 Å². The highest BCUT2D eigenvalue weighted by Gasteiger charge is 2.20. The van der Waals surface area contributed by atoms with Crippen molar-refractivity contribution in [3.05, 3.63) is 89.7 Å². The predicted octanol–water partition coefficient (Wildman–Crippen LogP) is 5.05. The normalized spacial score (nSPS) is 10.8. The van der Waals surface area contributed by atoms with Crippen LogP contribution in [-0.2, 0) is 11.2 Å². The van der Waals surface area contributed by atoms with Gasteiger partial charge in [0.1, 0.15) is 17.9 Å². The zero-order valence-corrected chi connectivity index (χ0v) is 20.8. The monoisotopic (exact) mass is 501 g/mol. The molecule has 0 aliphatic heterocycles. The molecule has 0 spiro atoms. The van der Waals surface area contributed by atoms with Crippen LogP contribution in [0.2, 0.25) is 0 Å². The number of anilines is 2. The summed E-state index contributed by atoms with van der Waals surface area (Å²) in [5.41, 5.74) is 8.93. The first kappa shape index (κ1) is 25.8. The zero-order valence-electron chi connectivity index (χ0n) is 20.8. The Balaban J connectivity index is 1.29. The third-order valence-electron chi connectivity index (χ3n) is 5.73. The maximum absolute atomic E-state index is 12.9. The van der Waals surface area contributed by atoms with Crippen molar-refractivity contribution in [1.29, 1.82) is 0 Å². The van der Waals surface area contributed by atoms with Gasteiger partial charge in [0.25, 0.3) is 11.8 Å². The Bertz CT molecular complexity index is 1350. The molecule has 4 rings (SSSR count). The van der Waals surface area contributed by atoms with Gasteiger partial charge in [0, 0.05) is 29.5 Å². The maximum atomic E-state index is 12.9. The number of hydrogen-bond acceptors (Lipinski definition) is 6. The van der Waals surface area contributed by atoms with Gasteiger partial charge in [-0.3, -0.25) is 9.59 Å². The number of benzene rings is 3. The highest BCUT2D eigenvalue weighted by atomic mass is 16.5. The van der Waals surface area contributed by atoms with Crippen LogP contribution in [0.3, 0.4) is 0 Å². The fourth-order valence-electron chi connectivity index (χ4n) is 3.87. The minimum Gasteiger partial charge on any atom is -0.492 e. The fraction of sp³-hybridized carbons (Fsp3) is 0.241. The van der Waals surface area contributed by atoms with Gasteiger partial charge in [0.05, 0.1) is 24.5 Å². The number of amides is 2. The van der Waals surface area contributed by atoms with E-state index in [1.807, 2.05) is 24.3 Å². The molecule has 0 radical (unpaired) electrons. The number of ether oxygens (including phenoxy) is 2. The summed E-state index contributed by atoms with van der Waals surface area (Å²) in [5.74, 6) is 0.328. The van der Waals surface area contributed by atoms with Gasteiger partial charge in [0.15, 0.2) is 5.76 Å². The summed E-state index contributed by atoms with van der Waals surface area (Å²) in [6.45, 7) is 3.81. The van der Waals surface area contributed by atoms with Crippen molar-refractivity contribution in [1.82, 2.24) is 5.32 Å². The lowest BCUT2D eigenvalue weighted by Gasteiger charge is -2.10. The molecule has 0 aliphatic carbocycles. The van der Waals surface area contributed by atoms with Gasteiger partial charge in [-0.25, -0.2) is 0 Å². The van der Waals surface area contributed by atoms with E-state index in [-0.39, 0.29) is 25.0 Å². The van der Waals surface area contributed by atoms with Crippen LogP contribution in [0.5, 0.6) is 5.75 Å². The smallest absolute Gasteiger partial charge is 0.287 e. The molecule has 1 aromatic heterocycles. The number of nitrogens with one attached hydrogen (secondary N) is 2. The molecule has 1 heterocycles. The largest absolute Gasteiger partial charge is 0.492 e. The van der Waals surface area contributed by atoms with Crippen LogP contribution in [0.15, 0.2) is 77.2 Å². The Morgan fingerprint density at radius 1 is 0.892 bits per heavy atom. The van der Waals surface area contributed by atoms with Crippen LogP contribution in [0, 0.1) is 0 Å². The molecule has 4 aromatic rings. The minimum atomic E-state index is -0.294. The van der Waals surface area contributed by atoms with Crippen LogP contribution in [0.4, 0.5) is 11.4 Å². The second-order valence-electron chi connectivity index (χ2n) is 8.44. The second-order valence-corrected chi connectivity index (χ2v) is 8.44. The van der Waals surface area contributed by atoms with Crippen LogP contribution in [0.1, 0.15) is 39.8 Å². The van der Waals surface area contributed by atoms with Gasteiger partial charge < -0.3 is 30.3 Å². The number of fused-ring (bicyclic) bond motifs is 1. The summed E-state index contributed by atoms with van der Waals surface area (Å²) in [5, 5.41) is 6.57. The van der Waals surface area contributed by atoms with Gasteiger partial charge in [-0.05, 0) is 48.9 Å². The standard InChI is InChI=1S/C29H31N3O5/c1-2-17-35-18-15-23-22-7-3-6-10-26(22)37-27(23)29(34)31-16-19-36-21-13-11-20(12-14-21)28(33)32-25-9-5-4-8-24(25)30/h3-14H,2,15-19,30H2,1H3,(H,31,34)(H,32,33). The Labute approximate surface area is 215 Å². The van der Waals surface area contributed by atoms with Crippen LogP contribution in [0.25, 0.3) is 11.0 Å². The van der Waals surface area contributed by atoms with E-state index in [1.165, 1.54) is 0 Å². The van der Waals surface area contributed by atoms with Crippen molar-refractivity contribution >= 4 is 34.2 Å². The van der Waals surface area contributed by atoms with E-state index in [0.717, 1.165) is 17.4 Å². The van der Waals surface area contributed by atoms with E-state index in [2.05, 4.69) is 17.6 Å². The van der Waals surface area contributed by atoms with E-state index in [0.29, 0.717) is 53.7 Å². The molecule has 2 amide bonds. The number of rotatable bonds is 12. The molecule has 37 heavy (non-hydrogen) atoms. The third kappa shape index (κ3) is 6.68. The van der Waals surface area contributed by atoms with Crippen molar-refractivity contribution in [3.8, 4) is 5.75 Å². The van der Waals surface area contributed by atoms with Crippen molar-refractivity contribution in [2.24, 2.45) is 0 Å². The molecule has 0 unspecified atom stereocenters. The SMILES string of the molecule is CCCOCCc1c(C(=O)NCCOc2ccc(C(=O)Nc3ccccc3N)cc2)oc2ccccc12. The lowest BCUT2D eigenvalue weighted by Crippen LogP contribution is -2.28. The summed E-state index contributed by atoms with van der Waals surface area (Å²) < 4.78 is 17.2. The average molecular weight is 502 g/mol. The Morgan fingerprint density at radius 3 is 2.43 bits per heavy atom. The van der Waals surface area contributed by atoms with Crippen molar-refractivity contribution < 1.29 is 23.5 Å². The van der Waals surface area contributed by atoms with Crippen LogP contribution < -0.4 is 21.1 Å². The fourth-order valence-corrected chi connectivity index (χ4v) is 3.87. The second kappa shape index (κ2) is 12.6. The summed E-state index contributed by atoms with van der Waals surface area (Å²) in [6, 6.07) is 21.4. The molecule has 3 aromatic carbocycles. The number of hydrogen-bond donors (Lipinski definition) is 3. The van der Waals surface area contributed by atoms with Gasteiger partial charge in [0.2, 0.25) is 0 Å². The quantitative estimate of drug-likeness (QED) is 0.185. The molecular weight excluding hydrogens is 470 g/mol. The highest BCUT2D eigenvalue weighted by molar-refractivity contribution is 6.05. The zero-order chi connectivity index (χ0) is 26.0. The van der Waals surface area contributed by atoms with E-state index in [1.54, 1.807) is 48.5 Å². The Kier molecular flexibility index (Phi) is 8.78. The molecule has 0 fully saturated rings. The first-order chi connectivity index (χ1) is 18.1. The number of carbonyl (C=O) groups is 2. The number of furan rings is 1. The summed E-state index contributed by atoms with van der Waals surface area (Å²) >= 11 is 0. The molecule has 4 N–H and O–H groups in total. The van der Waals surface area contributed by atoms with Gasteiger partial charge >= 0.3 is 0 Å². The van der Waals surface area contributed by atoms with Crippen molar-refractivity contribution in [3.63, 3.8) is 0 Å². The molecule has 0 saturated carbocycles. The number of para-hydroxylation sites is 3. The van der Waals surface area contributed by atoms with Gasteiger partial charge in [-0.2, -0.15) is 0 Å². The minimum absolute atomic E-state index is 0.257. The molecular formula is C29H31N3O5. The third-order valence-corrected chi connectivity index (χ3v) is 5.73. The summed E-state index contributed by atoms with van der Waals surface area (Å²) in [7, 11) is 0.